The molecule has 3 rings (SSSR count). The number of rotatable bonds is 7. The number of morpholine rings is 1. The van der Waals surface area contributed by atoms with Crippen molar-refractivity contribution in [3.05, 3.63) is 53.9 Å². The minimum absolute atomic E-state index is 0.171. The van der Waals surface area contributed by atoms with Gasteiger partial charge in [0.15, 0.2) is 0 Å². The quantitative estimate of drug-likeness (QED) is 0.804. The third-order valence-electron chi connectivity index (χ3n) is 4.30. The Morgan fingerprint density at radius 1 is 1.23 bits per heavy atom. The molecule has 1 amide bonds. The third-order valence-corrected chi connectivity index (χ3v) is 4.30. The van der Waals surface area contributed by atoms with Crippen LogP contribution in [0.15, 0.2) is 42.6 Å². The Bertz CT molecular complexity index is 704. The minimum atomic E-state index is -0.171. The summed E-state index contributed by atoms with van der Waals surface area (Å²) in [5.41, 5.74) is 1.55. The van der Waals surface area contributed by atoms with Crippen molar-refractivity contribution >= 4 is 11.9 Å². The molecule has 1 fully saturated rings. The lowest BCUT2D eigenvalue weighted by Crippen LogP contribution is -2.41. The summed E-state index contributed by atoms with van der Waals surface area (Å²) in [6.07, 6.45) is 1.63. The van der Waals surface area contributed by atoms with Crippen LogP contribution in [0.2, 0.25) is 0 Å². The Balaban J connectivity index is 1.53. The zero-order chi connectivity index (χ0) is 18.2. The summed E-state index contributed by atoms with van der Waals surface area (Å²) < 4.78 is 5.32. The number of carbonyl (C=O) groups is 1. The van der Waals surface area contributed by atoms with Gasteiger partial charge in [0.05, 0.1) is 13.2 Å². The molecule has 2 heterocycles. The molecule has 0 unspecified atom stereocenters. The molecule has 0 saturated carbocycles. The molecule has 7 heteroatoms. The zero-order valence-corrected chi connectivity index (χ0v) is 15.1. The number of amides is 1. The molecule has 1 aromatic heterocycles. The molecular formula is C19H25N5O2. The summed E-state index contributed by atoms with van der Waals surface area (Å²) >= 11 is 0. The lowest BCUT2D eigenvalue weighted by molar-refractivity contribution is 0.0383. The molecule has 0 radical (unpaired) electrons. The predicted octanol–water partition coefficient (Wildman–Crippen LogP) is 1.17. The van der Waals surface area contributed by atoms with Crippen molar-refractivity contribution in [3.63, 3.8) is 0 Å². The highest BCUT2D eigenvalue weighted by molar-refractivity contribution is 5.92. The normalized spacial score (nSPS) is 14.8. The molecule has 1 saturated heterocycles. The number of anilines is 1. The van der Waals surface area contributed by atoms with Crippen molar-refractivity contribution in [2.24, 2.45) is 0 Å². The smallest absolute Gasteiger partial charge is 0.270 e. The highest BCUT2D eigenvalue weighted by Crippen LogP contribution is 2.10. The molecule has 0 aliphatic carbocycles. The van der Waals surface area contributed by atoms with Crippen LogP contribution in [-0.4, -0.2) is 67.2 Å². The Morgan fingerprint density at radius 2 is 2.00 bits per heavy atom. The van der Waals surface area contributed by atoms with E-state index in [0.717, 1.165) is 32.8 Å². The first kappa shape index (κ1) is 18.3. The molecule has 1 aliphatic heterocycles. The number of aromatic nitrogens is 2. The lowest BCUT2D eigenvalue weighted by atomic mass is 10.2. The summed E-state index contributed by atoms with van der Waals surface area (Å²) in [6, 6.07) is 11.7. The number of nitrogens with zero attached hydrogens (tertiary/aromatic N) is 4. The lowest BCUT2D eigenvalue weighted by Gasteiger charge is -2.26. The molecule has 1 aromatic carbocycles. The van der Waals surface area contributed by atoms with E-state index >= 15 is 0 Å². The number of hydrogen-bond acceptors (Lipinski definition) is 6. The monoisotopic (exact) mass is 355 g/mol. The highest BCUT2D eigenvalue weighted by atomic mass is 16.5. The van der Waals surface area contributed by atoms with Gasteiger partial charge in [0, 0.05) is 46.0 Å². The molecule has 0 bridgehead atoms. The molecule has 0 spiro atoms. The summed E-state index contributed by atoms with van der Waals surface area (Å²) in [5.74, 6) is 0.365. The van der Waals surface area contributed by atoms with E-state index in [2.05, 4.69) is 32.3 Å². The van der Waals surface area contributed by atoms with Gasteiger partial charge in [-0.15, -0.1) is 0 Å². The highest BCUT2D eigenvalue weighted by Gasteiger charge is 2.13. The first-order valence-corrected chi connectivity index (χ1v) is 8.89. The molecule has 7 nitrogen and oxygen atoms in total. The fraction of sp³-hybridized carbons (Fsp3) is 0.421. The summed E-state index contributed by atoms with van der Waals surface area (Å²) in [4.78, 5) is 25.3. The van der Waals surface area contributed by atoms with Crippen molar-refractivity contribution in [2.75, 3.05) is 51.3 Å². The van der Waals surface area contributed by atoms with Crippen LogP contribution in [0.4, 0.5) is 5.95 Å². The molecule has 1 N–H and O–H groups in total. The van der Waals surface area contributed by atoms with Gasteiger partial charge in [0.25, 0.3) is 5.91 Å². The van der Waals surface area contributed by atoms with Crippen LogP contribution < -0.4 is 10.2 Å². The molecule has 0 atom stereocenters. The van der Waals surface area contributed by atoms with E-state index in [1.807, 2.05) is 30.1 Å². The minimum Gasteiger partial charge on any atom is -0.379 e. The molecule has 1 aliphatic rings. The van der Waals surface area contributed by atoms with Crippen LogP contribution in [0.5, 0.6) is 0 Å². The average molecular weight is 355 g/mol. The SMILES string of the molecule is CN(Cc1ccccc1)c1nccc(C(=O)NCCN2CCOCC2)n1. The number of benzene rings is 1. The Labute approximate surface area is 154 Å². The molecule has 26 heavy (non-hydrogen) atoms. The van der Waals surface area contributed by atoms with Crippen LogP contribution in [0, 0.1) is 0 Å². The number of ether oxygens (including phenoxy) is 1. The second kappa shape index (κ2) is 9.26. The van der Waals surface area contributed by atoms with Crippen LogP contribution in [0.1, 0.15) is 16.1 Å². The average Bonchev–Trinajstić information content (AvgIpc) is 2.69. The topological polar surface area (TPSA) is 70.6 Å². The van der Waals surface area contributed by atoms with Crippen LogP contribution in [0.3, 0.4) is 0 Å². The van der Waals surface area contributed by atoms with Gasteiger partial charge < -0.3 is 15.0 Å². The van der Waals surface area contributed by atoms with E-state index in [0.29, 0.717) is 24.7 Å². The number of carbonyl (C=O) groups excluding carboxylic acids is 1. The van der Waals surface area contributed by atoms with Crippen LogP contribution >= 0.6 is 0 Å². The largest absolute Gasteiger partial charge is 0.379 e. The standard InChI is InChI=1S/C19H25N5O2/c1-23(15-16-5-3-2-4-6-16)19-21-8-7-17(22-19)18(25)20-9-10-24-11-13-26-14-12-24/h2-8H,9-15H2,1H3,(H,20,25). The molecular weight excluding hydrogens is 330 g/mol. The third kappa shape index (κ3) is 5.24. The second-order valence-electron chi connectivity index (χ2n) is 6.29. The van der Waals surface area contributed by atoms with Gasteiger partial charge in [-0.2, -0.15) is 0 Å². The Hall–Kier alpha value is -2.51. The molecule has 2 aromatic rings. The van der Waals surface area contributed by atoms with Gasteiger partial charge in [-0.25, -0.2) is 9.97 Å². The number of hydrogen-bond donors (Lipinski definition) is 1. The maximum atomic E-state index is 12.4. The Morgan fingerprint density at radius 3 is 2.77 bits per heavy atom. The Kier molecular flexibility index (Phi) is 6.51. The van der Waals surface area contributed by atoms with Gasteiger partial charge in [0.1, 0.15) is 5.69 Å². The van der Waals surface area contributed by atoms with E-state index in [-0.39, 0.29) is 5.91 Å². The van der Waals surface area contributed by atoms with Crippen molar-refractivity contribution in [1.29, 1.82) is 0 Å². The van der Waals surface area contributed by atoms with Crippen molar-refractivity contribution in [3.8, 4) is 0 Å². The summed E-state index contributed by atoms with van der Waals surface area (Å²) in [6.45, 7) is 5.45. The van der Waals surface area contributed by atoms with E-state index in [4.69, 9.17) is 4.74 Å². The fourth-order valence-corrected chi connectivity index (χ4v) is 2.83. The maximum absolute atomic E-state index is 12.4. The second-order valence-corrected chi connectivity index (χ2v) is 6.29. The zero-order valence-electron chi connectivity index (χ0n) is 15.1. The van der Waals surface area contributed by atoms with Crippen LogP contribution in [0.25, 0.3) is 0 Å². The maximum Gasteiger partial charge on any atom is 0.270 e. The summed E-state index contributed by atoms with van der Waals surface area (Å²) in [7, 11) is 1.92. The van der Waals surface area contributed by atoms with Gasteiger partial charge >= 0.3 is 0 Å². The van der Waals surface area contributed by atoms with Gasteiger partial charge in [-0.05, 0) is 11.6 Å². The summed E-state index contributed by atoms with van der Waals surface area (Å²) in [5, 5.41) is 2.93. The van der Waals surface area contributed by atoms with Crippen LogP contribution in [-0.2, 0) is 11.3 Å². The van der Waals surface area contributed by atoms with Crippen molar-refractivity contribution < 1.29 is 9.53 Å². The van der Waals surface area contributed by atoms with Gasteiger partial charge in [-0.1, -0.05) is 30.3 Å². The van der Waals surface area contributed by atoms with E-state index in [1.165, 1.54) is 5.56 Å². The first-order chi connectivity index (χ1) is 12.7. The number of nitrogens with one attached hydrogen (secondary N) is 1. The predicted molar refractivity (Wildman–Crippen MR) is 100 cm³/mol. The first-order valence-electron chi connectivity index (χ1n) is 8.89. The van der Waals surface area contributed by atoms with E-state index in [1.54, 1.807) is 12.3 Å². The van der Waals surface area contributed by atoms with Gasteiger partial charge in [-0.3, -0.25) is 9.69 Å². The fourth-order valence-electron chi connectivity index (χ4n) is 2.83. The van der Waals surface area contributed by atoms with E-state index < -0.39 is 0 Å². The van der Waals surface area contributed by atoms with Crippen molar-refractivity contribution in [1.82, 2.24) is 20.2 Å². The van der Waals surface area contributed by atoms with Crippen molar-refractivity contribution in [2.45, 2.75) is 6.54 Å². The molecule has 138 valence electrons. The van der Waals surface area contributed by atoms with Gasteiger partial charge in [0.2, 0.25) is 5.95 Å². The van der Waals surface area contributed by atoms with E-state index in [9.17, 15) is 4.79 Å².